The Balaban J connectivity index is 1.59. The van der Waals surface area contributed by atoms with Crippen molar-refractivity contribution in [3.63, 3.8) is 0 Å². The van der Waals surface area contributed by atoms with E-state index in [1.165, 1.54) is 16.3 Å². The van der Waals surface area contributed by atoms with E-state index >= 15 is 0 Å². The van der Waals surface area contributed by atoms with E-state index in [9.17, 15) is 4.79 Å². The third-order valence-electron chi connectivity index (χ3n) is 6.19. The molecule has 1 saturated heterocycles. The lowest BCUT2D eigenvalue weighted by atomic mass is 9.96. The summed E-state index contributed by atoms with van der Waals surface area (Å²) in [7, 11) is 6.23. The number of anilines is 1. The normalized spacial score (nSPS) is 15.0. The van der Waals surface area contributed by atoms with Gasteiger partial charge in [0.1, 0.15) is 0 Å². The van der Waals surface area contributed by atoms with Gasteiger partial charge in [-0.05, 0) is 61.6 Å². The van der Waals surface area contributed by atoms with Crippen LogP contribution in [0.4, 0.5) is 5.69 Å². The van der Waals surface area contributed by atoms with Crippen LogP contribution in [0.5, 0.6) is 0 Å². The number of amides is 1. The van der Waals surface area contributed by atoms with Crippen molar-refractivity contribution >= 4 is 22.4 Å². The Hall–Kier alpha value is -2.89. The maximum absolute atomic E-state index is 13.3. The van der Waals surface area contributed by atoms with Crippen LogP contribution in [0.1, 0.15) is 28.4 Å². The molecule has 0 saturated carbocycles. The summed E-state index contributed by atoms with van der Waals surface area (Å²) in [6.07, 6.45) is 0.847. The number of hydrogen-bond donors (Lipinski definition) is 2. The predicted molar refractivity (Wildman–Crippen MR) is 129 cm³/mol. The molecule has 0 aromatic heterocycles. The molecule has 4 rings (SSSR count). The Morgan fingerprint density at radius 3 is 2.52 bits per heavy atom. The number of fused-ring (bicyclic) bond motifs is 1. The van der Waals surface area contributed by atoms with Gasteiger partial charge in [0.2, 0.25) is 0 Å². The van der Waals surface area contributed by atoms with Crippen LogP contribution < -0.4 is 15.5 Å². The molecule has 3 aromatic rings. The Morgan fingerprint density at radius 2 is 1.77 bits per heavy atom. The monoisotopic (exact) mass is 416 g/mol. The molecule has 5 nitrogen and oxygen atoms in total. The molecule has 2 N–H and O–H groups in total. The molecule has 1 heterocycles. The Labute approximate surface area is 185 Å². The van der Waals surface area contributed by atoms with Crippen LogP contribution in [0.2, 0.25) is 0 Å². The number of benzene rings is 3. The quantitative estimate of drug-likeness (QED) is 0.588. The highest BCUT2D eigenvalue weighted by molar-refractivity contribution is 5.96. The van der Waals surface area contributed by atoms with Crippen LogP contribution in [0.15, 0.2) is 66.7 Å². The smallest absolute Gasteiger partial charge is 0.251 e. The van der Waals surface area contributed by atoms with Crippen LogP contribution in [-0.2, 0) is 0 Å². The van der Waals surface area contributed by atoms with Crippen molar-refractivity contribution in [1.82, 2.24) is 15.5 Å². The largest absolute Gasteiger partial charge is 0.369 e. The summed E-state index contributed by atoms with van der Waals surface area (Å²) in [5.74, 6) is -0.0290. The van der Waals surface area contributed by atoms with Crippen LogP contribution in [0, 0.1) is 0 Å². The maximum Gasteiger partial charge on any atom is 0.251 e. The molecule has 162 valence electrons. The zero-order chi connectivity index (χ0) is 21.8. The molecule has 1 aliphatic rings. The number of carbonyl (C=O) groups is 1. The molecule has 0 unspecified atom stereocenters. The average Bonchev–Trinajstić information content (AvgIpc) is 2.75. The van der Waals surface area contributed by atoms with Crippen molar-refractivity contribution in [3.05, 3.63) is 77.9 Å². The molecule has 3 aromatic carbocycles. The molecule has 0 spiro atoms. The fraction of sp³-hybridized carbons (Fsp3) is 0.346. The van der Waals surface area contributed by atoms with Crippen LogP contribution in [0.3, 0.4) is 0 Å². The third kappa shape index (κ3) is 4.89. The zero-order valence-electron chi connectivity index (χ0n) is 18.6. The van der Waals surface area contributed by atoms with Gasteiger partial charge in [0.25, 0.3) is 5.91 Å². The zero-order valence-corrected chi connectivity index (χ0v) is 18.6. The first kappa shape index (κ1) is 21.3. The highest BCUT2D eigenvalue weighted by Gasteiger charge is 2.23. The van der Waals surface area contributed by atoms with E-state index in [1.54, 1.807) is 0 Å². The number of likely N-dealkylation sites (N-methyl/N-ethyl adjacent to an activating group) is 1. The lowest BCUT2D eigenvalue weighted by molar-refractivity contribution is 0.0933. The molecule has 5 heteroatoms. The van der Waals surface area contributed by atoms with Crippen LogP contribution in [0.25, 0.3) is 10.8 Å². The number of nitrogens with zero attached hydrogens (tertiary/aromatic N) is 2. The standard InChI is InChI=1S/C26H32N4O/c1-29(2)15-14-25(24-13-7-9-19-8-4-5-12-23(19)24)28-26(31)20-10-6-11-21(16-20)30(3)22-17-27-18-22/h4-13,16,22,25,27H,14-15,17-18H2,1-3H3,(H,28,31)/t25-/m1/s1. The summed E-state index contributed by atoms with van der Waals surface area (Å²) in [5.41, 5.74) is 2.95. The molecule has 0 radical (unpaired) electrons. The minimum atomic E-state index is -0.0572. The van der Waals surface area contributed by atoms with Gasteiger partial charge in [-0.25, -0.2) is 0 Å². The van der Waals surface area contributed by atoms with E-state index < -0.39 is 0 Å². The van der Waals surface area contributed by atoms with Gasteiger partial charge < -0.3 is 20.4 Å². The SMILES string of the molecule is CN(C)CC[C@@H](NC(=O)c1cccc(N(C)C2CNC2)c1)c1cccc2ccccc12. The third-order valence-corrected chi connectivity index (χ3v) is 6.19. The summed E-state index contributed by atoms with van der Waals surface area (Å²) >= 11 is 0. The molecule has 1 aliphatic heterocycles. The van der Waals surface area contributed by atoms with Gasteiger partial charge in [-0.2, -0.15) is 0 Å². The molecule has 1 atom stereocenters. The van der Waals surface area contributed by atoms with Gasteiger partial charge in [-0.15, -0.1) is 0 Å². The molecule has 31 heavy (non-hydrogen) atoms. The first-order valence-corrected chi connectivity index (χ1v) is 11.0. The van der Waals surface area contributed by atoms with Crippen LogP contribution >= 0.6 is 0 Å². The Morgan fingerprint density at radius 1 is 1.03 bits per heavy atom. The molecular weight excluding hydrogens is 384 g/mol. The lowest BCUT2D eigenvalue weighted by Gasteiger charge is -2.37. The second-order valence-corrected chi connectivity index (χ2v) is 8.66. The second kappa shape index (κ2) is 9.50. The minimum Gasteiger partial charge on any atom is -0.369 e. The second-order valence-electron chi connectivity index (χ2n) is 8.66. The summed E-state index contributed by atoms with van der Waals surface area (Å²) in [4.78, 5) is 17.7. The van der Waals surface area contributed by atoms with Crippen LogP contribution in [-0.4, -0.2) is 57.6 Å². The first-order valence-electron chi connectivity index (χ1n) is 11.0. The summed E-state index contributed by atoms with van der Waals surface area (Å²) in [6.45, 7) is 2.87. The molecular formula is C26H32N4O. The van der Waals surface area contributed by atoms with E-state index in [2.05, 4.69) is 90.1 Å². The molecule has 1 amide bonds. The maximum atomic E-state index is 13.3. The number of nitrogens with one attached hydrogen (secondary N) is 2. The van der Waals surface area contributed by atoms with Crippen molar-refractivity contribution < 1.29 is 4.79 Å². The molecule has 0 aliphatic carbocycles. The predicted octanol–water partition coefficient (Wildman–Crippen LogP) is 3.67. The van der Waals surface area contributed by atoms with E-state index in [4.69, 9.17) is 0 Å². The van der Waals surface area contributed by atoms with Crippen molar-refractivity contribution in [2.75, 3.05) is 45.7 Å². The van der Waals surface area contributed by atoms with Crippen molar-refractivity contribution in [2.24, 2.45) is 0 Å². The summed E-state index contributed by atoms with van der Waals surface area (Å²) in [5, 5.41) is 9.02. The van der Waals surface area contributed by atoms with Crippen molar-refractivity contribution in [2.45, 2.75) is 18.5 Å². The fourth-order valence-corrected chi connectivity index (χ4v) is 4.11. The van der Waals surface area contributed by atoms with E-state index in [0.717, 1.165) is 31.7 Å². The Kier molecular flexibility index (Phi) is 6.54. The average molecular weight is 417 g/mol. The summed E-state index contributed by atoms with van der Waals surface area (Å²) in [6, 6.07) is 23.1. The van der Waals surface area contributed by atoms with Crippen molar-refractivity contribution in [1.29, 1.82) is 0 Å². The number of carbonyl (C=O) groups excluding carboxylic acids is 1. The van der Waals surface area contributed by atoms with E-state index in [-0.39, 0.29) is 11.9 Å². The number of hydrogen-bond acceptors (Lipinski definition) is 4. The highest BCUT2D eigenvalue weighted by Crippen LogP contribution is 2.27. The topological polar surface area (TPSA) is 47.6 Å². The van der Waals surface area contributed by atoms with Gasteiger partial charge in [0, 0.05) is 31.4 Å². The van der Waals surface area contributed by atoms with Gasteiger partial charge in [0.05, 0.1) is 12.1 Å². The van der Waals surface area contributed by atoms with Crippen molar-refractivity contribution in [3.8, 4) is 0 Å². The van der Waals surface area contributed by atoms with Gasteiger partial charge in [-0.3, -0.25) is 4.79 Å². The molecule has 0 bridgehead atoms. The summed E-state index contributed by atoms with van der Waals surface area (Å²) < 4.78 is 0. The Bertz CT molecular complexity index is 1040. The van der Waals surface area contributed by atoms with Gasteiger partial charge >= 0.3 is 0 Å². The lowest BCUT2D eigenvalue weighted by Crippen LogP contribution is -2.56. The minimum absolute atomic E-state index is 0.0290. The van der Waals surface area contributed by atoms with Gasteiger partial charge in [-0.1, -0.05) is 48.5 Å². The highest BCUT2D eigenvalue weighted by atomic mass is 16.1. The first-order chi connectivity index (χ1) is 15.0. The van der Waals surface area contributed by atoms with Gasteiger partial charge in [0.15, 0.2) is 0 Å². The number of rotatable bonds is 8. The fourth-order valence-electron chi connectivity index (χ4n) is 4.11. The van der Waals surface area contributed by atoms with E-state index in [0.29, 0.717) is 11.6 Å². The van der Waals surface area contributed by atoms with E-state index in [1.807, 2.05) is 18.2 Å². The molecule has 1 fully saturated rings.